The van der Waals surface area contributed by atoms with E-state index in [-0.39, 0.29) is 0 Å². The fourth-order valence-electron chi connectivity index (χ4n) is 3.67. The molecule has 19 heavy (non-hydrogen) atoms. The second kappa shape index (κ2) is 4.20. The summed E-state index contributed by atoms with van der Waals surface area (Å²) in [5.41, 5.74) is 7.42. The SMILES string of the molecule is Nc1ccc2[nH]c(CC3CC4CCC(C3)N4)nc2n1. The van der Waals surface area contributed by atoms with Gasteiger partial charge in [-0.25, -0.2) is 9.97 Å². The second-order valence-electron chi connectivity index (χ2n) is 5.97. The van der Waals surface area contributed by atoms with Crippen LogP contribution in [0.1, 0.15) is 31.5 Å². The highest BCUT2D eigenvalue weighted by Crippen LogP contribution is 2.32. The highest BCUT2D eigenvalue weighted by Gasteiger charge is 2.33. The fraction of sp³-hybridized carbons (Fsp3) is 0.571. The van der Waals surface area contributed by atoms with Crippen LogP contribution in [0.15, 0.2) is 12.1 Å². The summed E-state index contributed by atoms with van der Waals surface area (Å²) >= 11 is 0. The second-order valence-corrected chi connectivity index (χ2v) is 5.97. The maximum atomic E-state index is 5.69. The molecule has 2 atom stereocenters. The van der Waals surface area contributed by atoms with Crippen molar-refractivity contribution in [2.45, 2.75) is 44.2 Å². The van der Waals surface area contributed by atoms with Crippen LogP contribution in [-0.4, -0.2) is 27.0 Å². The lowest BCUT2D eigenvalue weighted by molar-refractivity contribution is 0.295. The molecule has 5 heteroatoms. The number of aromatic nitrogens is 3. The van der Waals surface area contributed by atoms with E-state index < -0.39 is 0 Å². The van der Waals surface area contributed by atoms with E-state index in [1.54, 1.807) is 0 Å². The van der Waals surface area contributed by atoms with Gasteiger partial charge in [-0.05, 0) is 43.7 Å². The van der Waals surface area contributed by atoms with E-state index in [4.69, 9.17) is 5.73 Å². The molecule has 5 nitrogen and oxygen atoms in total. The summed E-state index contributed by atoms with van der Waals surface area (Å²) in [6.45, 7) is 0. The van der Waals surface area contributed by atoms with Crippen LogP contribution >= 0.6 is 0 Å². The molecule has 0 aromatic carbocycles. The Morgan fingerprint density at radius 3 is 2.74 bits per heavy atom. The van der Waals surface area contributed by atoms with Crippen molar-refractivity contribution < 1.29 is 0 Å². The molecular formula is C14H19N5. The number of hydrogen-bond donors (Lipinski definition) is 3. The third-order valence-electron chi connectivity index (χ3n) is 4.47. The molecule has 100 valence electrons. The van der Waals surface area contributed by atoms with Gasteiger partial charge in [-0.3, -0.25) is 0 Å². The van der Waals surface area contributed by atoms with E-state index >= 15 is 0 Å². The van der Waals surface area contributed by atoms with E-state index in [1.807, 2.05) is 12.1 Å². The molecule has 2 aromatic heterocycles. The maximum absolute atomic E-state index is 5.69. The Morgan fingerprint density at radius 2 is 1.95 bits per heavy atom. The first-order chi connectivity index (χ1) is 9.26. The number of imidazole rings is 1. The molecule has 2 bridgehead atoms. The molecule has 2 aliphatic rings. The van der Waals surface area contributed by atoms with Gasteiger partial charge in [0, 0.05) is 18.5 Å². The number of H-pyrrole nitrogens is 1. The van der Waals surface area contributed by atoms with Gasteiger partial charge in [-0.15, -0.1) is 0 Å². The van der Waals surface area contributed by atoms with Gasteiger partial charge < -0.3 is 16.0 Å². The van der Waals surface area contributed by atoms with Crippen LogP contribution < -0.4 is 11.1 Å². The van der Waals surface area contributed by atoms with Gasteiger partial charge in [-0.2, -0.15) is 0 Å². The van der Waals surface area contributed by atoms with Gasteiger partial charge in [0.25, 0.3) is 0 Å². The topological polar surface area (TPSA) is 79.6 Å². The lowest BCUT2D eigenvalue weighted by Crippen LogP contribution is -2.38. The minimum absolute atomic E-state index is 0.533. The minimum Gasteiger partial charge on any atom is -0.384 e. The summed E-state index contributed by atoms with van der Waals surface area (Å²) < 4.78 is 0. The summed E-state index contributed by atoms with van der Waals surface area (Å²) in [7, 11) is 0. The molecular weight excluding hydrogens is 238 g/mol. The Bertz CT molecular complexity index is 593. The number of nitrogens with one attached hydrogen (secondary N) is 2. The standard InChI is InChI=1S/C14H19N5/c15-12-4-3-11-14(18-12)19-13(17-11)7-8-5-9-1-2-10(6-8)16-9/h3-4,8-10,16H,1-2,5-7H2,(H3,15,17,18,19). The zero-order valence-electron chi connectivity index (χ0n) is 10.9. The van der Waals surface area contributed by atoms with Crippen molar-refractivity contribution in [2.24, 2.45) is 5.92 Å². The number of rotatable bonds is 2. The molecule has 0 amide bonds. The van der Waals surface area contributed by atoms with E-state index in [9.17, 15) is 0 Å². The fourth-order valence-corrected chi connectivity index (χ4v) is 3.67. The van der Waals surface area contributed by atoms with Crippen LogP contribution in [0.4, 0.5) is 5.82 Å². The number of nitrogens with two attached hydrogens (primary N) is 1. The molecule has 4 heterocycles. The van der Waals surface area contributed by atoms with Crippen molar-refractivity contribution in [1.82, 2.24) is 20.3 Å². The Hall–Kier alpha value is -1.62. The average Bonchev–Trinajstić information content (AvgIpc) is 2.92. The van der Waals surface area contributed by atoms with Gasteiger partial charge >= 0.3 is 0 Å². The van der Waals surface area contributed by atoms with Gasteiger partial charge in [0.15, 0.2) is 5.65 Å². The normalized spacial score (nSPS) is 30.0. The third-order valence-corrected chi connectivity index (χ3v) is 4.47. The number of nitrogen functional groups attached to an aromatic ring is 1. The maximum Gasteiger partial charge on any atom is 0.179 e. The molecule has 2 aromatic rings. The van der Waals surface area contributed by atoms with Gasteiger partial charge in [-0.1, -0.05) is 0 Å². The van der Waals surface area contributed by atoms with Crippen molar-refractivity contribution in [3.05, 3.63) is 18.0 Å². The first-order valence-electron chi connectivity index (χ1n) is 7.13. The van der Waals surface area contributed by atoms with Crippen LogP contribution in [0.5, 0.6) is 0 Å². The molecule has 4 N–H and O–H groups in total. The minimum atomic E-state index is 0.533. The van der Waals surface area contributed by atoms with Gasteiger partial charge in [0.1, 0.15) is 11.6 Å². The Labute approximate surface area is 112 Å². The predicted octanol–water partition coefficient (Wildman–Crippen LogP) is 1.61. The number of hydrogen-bond acceptors (Lipinski definition) is 4. The molecule has 2 unspecified atom stereocenters. The van der Waals surface area contributed by atoms with Crippen LogP contribution in [0.2, 0.25) is 0 Å². The number of fused-ring (bicyclic) bond motifs is 3. The quantitative estimate of drug-likeness (QED) is 0.763. The number of piperidine rings is 1. The molecule has 0 aliphatic carbocycles. The summed E-state index contributed by atoms with van der Waals surface area (Å²) in [5, 5.41) is 3.68. The smallest absolute Gasteiger partial charge is 0.179 e. The summed E-state index contributed by atoms with van der Waals surface area (Å²) in [4.78, 5) is 12.2. The van der Waals surface area contributed by atoms with Crippen molar-refractivity contribution in [2.75, 3.05) is 5.73 Å². The van der Waals surface area contributed by atoms with Gasteiger partial charge in [0.05, 0.1) is 5.52 Å². The van der Waals surface area contributed by atoms with Crippen LogP contribution in [-0.2, 0) is 6.42 Å². The monoisotopic (exact) mass is 257 g/mol. The molecule has 4 rings (SSSR count). The molecule has 2 aliphatic heterocycles. The van der Waals surface area contributed by atoms with E-state index in [0.717, 1.165) is 41.4 Å². The zero-order chi connectivity index (χ0) is 12.8. The van der Waals surface area contributed by atoms with Crippen molar-refractivity contribution in [3.63, 3.8) is 0 Å². The first-order valence-corrected chi connectivity index (χ1v) is 7.13. The highest BCUT2D eigenvalue weighted by atomic mass is 15.0. The number of nitrogens with zero attached hydrogens (tertiary/aromatic N) is 2. The lowest BCUT2D eigenvalue weighted by atomic mass is 9.89. The summed E-state index contributed by atoms with van der Waals surface area (Å²) in [5.74, 6) is 2.33. The molecule has 0 spiro atoms. The molecule has 2 saturated heterocycles. The number of aromatic amines is 1. The Kier molecular flexibility index (Phi) is 2.48. The summed E-state index contributed by atoms with van der Waals surface area (Å²) in [6.07, 6.45) is 6.29. The van der Waals surface area contributed by atoms with Crippen LogP contribution in [0, 0.1) is 5.92 Å². The lowest BCUT2D eigenvalue weighted by Gasteiger charge is -2.28. The first kappa shape index (κ1) is 11.2. The van der Waals surface area contributed by atoms with E-state index in [2.05, 4.69) is 20.3 Å². The Morgan fingerprint density at radius 1 is 1.16 bits per heavy atom. The average molecular weight is 257 g/mol. The van der Waals surface area contributed by atoms with Crippen molar-refractivity contribution in [1.29, 1.82) is 0 Å². The van der Waals surface area contributed by atoms with Crippen molar-refractivity contribution >= 4 is 17.0 Å². The van der Waals surface area contributed by atoms with Crippen LogP contribution in [0.3, 0.4) is 0 Å². The molecule has 0 radical (unpaired) electrons. The van der Waals surface area contributed by atoms with E-state index in [0.29, 0.717) is 5.82 Å². The van der Waals surface area contributed by atoms with Gasteiger partial charge in [0.2, 0.25) is 0 Å². The molecule has 2 fully saturated rings. The Balaban J connectivity index is 1.54. The molecule has 0 saturated carbocycles. The summed E-state index contributed by atoms with van der Waals surface area (Å²) in [6, 6.07) is 5.25. The predicted molar refractivity (Wildman–Crippen MR) is 74.7 cm³/mol. The van der Waals surface area contributed by atoms with Crippen LogP contribution in [0.25, 0.3) is 11.2 Å². The van der Waals surface area contributed by atoms with E-state index in [1.165, 1.54) is 25.7 Å². The highest BCUT2D eigenvalue weighted by molar-refractivity contribution is 5.72. The van der Waals surface area contributed by atoms with Crippen molar-refractivity contribution in [3.8, 4) is 0 Å². The number of pyridine rings is 1. The third kappa shape index (κ3) is 2.08. The zero-order valence-corrected chi connectivity index (χ0v) is 10.9. The number of anilines is 1. The largest absolute Gasteiger partial charge is 0.384 e.